The van der Waals surface area contributed by atoms with E-state index in [0.29, 0.717) is 5.76 Å². The van der Waals surface area contributed by atoms with Crippen molar-refractivity contribution in [1.82, 2.24) is 14.1 Å². The molecule has 6 atom stereocenters. The Morgan fingerprint density at radius 2 is 1.68 bits per heavy atom. The highest BCUT2D eigenvalue weighted by molar-refractivity contribution is 7.16. The van der Waals surface area contributed by atoms with Gasteiger partial charge in [-0.3, -0.25) is 13.9 Å². The van der Waals surface area contributed by atoms with Crippen molar-refractivity contribution in [1.29, 1.82) is 0 Å². The van der Waals surface area contributed by atoms with E-state index in [0.717, 1.165) is 20.8 Å². The van der Waals surface area contributed by atoms with Crippen LogP contribution in [0.25, 0.3) is 11.3 Å². The Balaban J connectivity index is 0.00000135. The third-order valence-corrected chi connectivity index (χ3v) is 5.03. The van der Waals surface area contributed by atoms with Gasteiger partial charge in [-0.25, -0.2) is 14.3 Å². The van der Waals surface area contributed by atoms with E-state index in [-0.39, 0.29) is 25.5 Å². The standard InChI is InChI=1S/C20H21N3O7.C3H6.HO2P.2H3OP/c24-9-7-13-17(26)18(27)19(30-13)22-8-6-16(25)23(20(22)28)11-15-21-10-14(29-15)12-4-2-1-3-5-12;2*1-3-2;2*1-2/h1-6,8,10,13,17-19,24,26-27H,7,9,11H2;3H,1H2,2H3;(H,1,2);2*1H,2H2. The van der Waals surface area contributed by atoms with Gasteiger partial charge in [0.05, 0.1) is 12.3 Å². The van der Waals surface area contributed by atoms with Crippen LogP contribution < -0.4 is 11.2 Å². The molecule has 0 spiro atoms. The third kappa shape index (κ3) is 10.8. The quantitative estimate of drug-likeness (QED) is 0.165. The van der Waals surface area contributed by atoms with Crippen LogP contribution in [0.3, 0.4) is 0 Å². The Morgan fingerprint density at radius 1 is 1.10 bits per heavy atom. The van der Waals surface area contributed by atoms with Gasteiger partial charge >= 0.3 is 14.4 Å². The molecule has 6 N–H and O–H groups in total. The SMILES string of the molecule is C=CC.O=PO.O=c1ccn(C2OC(CCO)C(O)C2O)c(=O)n1Cc1ncc(-c2ccccc2)o1.OP.OP. The zero-order valence-electron chi connectivity index (χ0n) is 21.5. The van der Waals surface area contributed by atoms with E-state index >= 15 is 0 Å². The minimum Gasteiger partial charge on any atom is -0.439 e. The molecule has 0 bridgehead atoms. The van der Waals surface area contributed by atoms with Gasteiger partial charge in [0.25, 0.3) is 5.56 Å². The molecule has 4 rings (SSSR count). The molecule has 40 heavy (non-hydrogen) atoms. The zero-order valence-corrected chi connectivity index (χ0v) is 24.7. The first-order valence-electron chi connectivity index (χ1n) is 11.3. The first-order valence-corrected chi connectivity index (χ1v) is 13.1. The van der Waals surface area contributed by atoms with Crippen molar-refractivity contribution in [2.24, 2.45) is 0 Å². The van der Waals surface area contributed by atoms with Crippen molar-refractivity contribution in [3.05, 3.63) is 88.2 Å². The smallest absolute Gasteiger partial charge is 0.333 e. The van der Waals surface area contributed by atoms with Gasteiger partial charge in [0, 0.05) is 24.4 Å². The molecular weight excluding hydrogens is 587 g/mol. The Morgan fingerprint density at radius 3 is 2.23 bits per heavy atom. The molecule has 0 aliphatic carbocycles. The average Bonchev–Trinajstić information content (AvgIpc) is 3.55. The predicted molar refractivity (Wildman–Crippen MR) is 153 cm³/mol. The Bertz CT molecular complexity index is 1230. The summed E-state index contributed by atoms with van der Waals surface area (Å²) in [5.74, 6) is 0.663. The number of hydrogen-bond donors (Lipinski definition) is 6. The molecule has 6 unspecified atom stereocenters. The van der Waals surface area contributed by atoms with Gasteiger partial charge in [0.2, 0.25) is 5.89 Å². The normalized spacial score (nSPS) is 18.9. The molecule has 1 fully saturated rings. The summed E-state index contributed by atoms with van der Waals surface area (Å²) in [4.78, 5) is 50.2. The minimum atomic E-state index is -1.39. The van der Waals surface area contributed by atoms with Crippen LogP contribution in [0.15, 0.2) is 75.5 Å². The van der Waals surface area contributed by atoms with Crippen molar-refractivity contribution >= 4 is 27.6 Å². The average molecular weight is 621 g/mol. The fraction of sp³-hybridized carbons (Fsp3) is 0.348. The van der Waals surface area contributed by atoms with E-state index in [9.17, 15) is 19.8 Å². The molecule has 2 aromatic heterocycles. The maximum absolute atomic E-state index is 12.9. The summed E-state index contributed by atoms with van der Waals surface area (Å²) in [6.07, 6.45) is -0.124. The van der Waals surface area contributed by atoms with Crippen LogP contribution in [0, 0.1) is 0 Å². The number of aliphatic hydroxyl groups excluding tert-OH is 3. The maximum Gasteiger partial charge on any atom is 0.333 e. The largest absolute Gasteiger partial charge is 0.439 e. The van der Waals surface area contributed by atoms with Gasteiger partial charge in [-0.2, -0.15) is 0 Å². The third-order valence-electron chi connectivity index (χ3n) is 5.03. The van der Waals surface area contributed by atoms with Gasteiger partial charge in [0.15, 0.2) is 12.0 Å². The fourth-order valence-electron chi connectivity index (χ4n) is 3.45. The second-order valence-corrected chi connectivity index (χ2v) is 7.63. The van der Waals surface area contributed by atoms with Crippen molar-refractivity contribution in [2.75, 3.05) is 6.61 Å². The number of nitrogens with zero attached hydrogens (tertiary/aromatic N) is 3. The lowest BCUT2D eigenvalue weighted by atomic mass is 10.1. The van der Waals surface area contributed by atoms with E-state index < -0.39 is 44.5 Å². The lowest BCUT2D eigenvalue weighted by Gasteiger charge is -2.18. The molecule has 17 heteroatoms. The lowest BCUT2D eigenvalue weighted by Crippen LogP contribution is -2.43. The first kappa shape index (κ1) is 37.5. The second-order valence-electron chi connectivity index (χ2n) is 7.46. The summed E-state index contributed by atoms with van der Waals surface area (Å²) in [6.45, 7) is 4.79. The van der Waals surface area contributed by atoms with Crippen LogP contribution in [0.1, 0.15) is 25.5 Å². The number of aromatic nitrogens is 3. The monoisotopic (exact) mass is 621 g/mol. The van der Waals surface area contributed by atoms with Crippen molar-refractivity contribution in [3.8, 4) is 11.3 Å². The van der Waals surface area contributed by atoms with E-state index in [4.69, 9.17) is 33.5 Å². The van der Waals surface area contributed by atoms with Crippen molar-refractivity contribution < 1.29 is 43.7 Å². The molecule has 0 amide bonds. The highest BCUT2D eigenvalue weighted by Crippen LogP contribution is 2.29. The number of benzene rings is 1. The van der Waals surface area contributed by atoms with Crippen LogP contribution in [-0.2, 0) is 15.8 Å². The first-order chi connectivity index (χ1) is 19.3. The van der Waals surface area contributed by atoms with Gasteiger partial charge in [-0.15, -0.1) is 6.58 Å². The van der Waals surface area contributed by atoms with Gasteiger partial charge in [0.1, 0.15) is 18.8 Å². The van der Waals surface area contributed by atoms with Crippen LogP contribution in [0.4, 0.5) is 0 Å². The number of hydrogen-bond acceptors (Lipinski definition) is 11. The Kier molecular flexibility index (Phi) is 20.0. The Labute approximate surface area is 236 Å². The van der Waals surface area contributed by atoms with Gasteiger partial charge in [-0.05, 0) is 32.3 Å². The van der Waals surface area contributed by atoms with Crippen LogP contribution in [0.2, 0.25) is 0 Å². The van der Waals surface area contributed by atoms with E-state index in [1.54, 1.807) is 6.08 Å². The van der Waals surface area contributed by atoms with Crippen molar-refractivity contribution in [2.45, 2.75) is 44.4 Å². The highest BCUT2D eigenvalue weighted by Gasteiger charge is 2.43. The molecule has 222 valence electrons. The molecular formula is C23H34N3O11P3. The number of ether oxygens (including phenoxy) is 1. The van der Waals surface area contributed by atoms with Crippen LogP contribution in [-0.4, -0.2) is 69.0 Å². The number of aliphatic hydroxyl groups is 3. The van der Waals surface area contributed by atoms with E-state index in [1.807, 2.05) is 37.3 Å². The molecule has 1 saturated heterocycles. The maximum atomic E-state index is 12.9. The molecule has 3 heterocycles. The lowest BCUT2D eigenvalue weighted by molar-refractivity contribution is -0.0458. The molecule has 1 aliphatic heterocycles. The molecule has 1 aliphatic rings. The van der Waals surface area contributed by atoms with Crippen LogP contribution >= 0.6 is 27.6 Å². The molecule has 14 nitrogen and oxygen atoms in total. The number of allylic oxidation sites excluding steroid dienone is 1. The highest BCUT2D eigenvalue weighted by atomic mass is 31.1. The molecule has 0 saturated carbocycles. The summed E-state index contributed by atoms with van der Waals surface area (Å²) in [7, 11) is 2.00. The van der Waals surface area contributed by atoms with Crippen LogP contribution in [0.5, 0.6) is 0 Å². The summed E-state index contributed by atoms with van der Waals surface area (Å²) >= 11 is 0. The topological polar surface area (TPSA) is 218 Å². The van der Waals surface area contributed by atoms with Gasteiger partial charge in [-0.1, -0.05) is 36.4 Å². The van der Waals surface area contributed by atoms with Gasteiger partial charge < -0.3 is 39.2 Å². The zero-order chi connectivity index (χ0) is 30.7. The number of oxazole rings is 1. The molecule has 1 aromatic carbocycles. The van der Waals surface area contributed by atoms with E-state index in [1.165, 1.54) is 31.3 Å². The fourth-order valence-corrected chi connectivity index (χ4v) is 3.45. The Hall–Kier alpha value is -2.47. The van der Waals surface area contributed by atoms with E-state index in [2.05, 4.69) is 11.6 Å². The summed E-state index contributed by atoms with van der Waals surface area (Å²) in [5, 5.41) is 29.4. The number of rotatable bonds is 6. The molecule has 3 aromatic rings. The second kappa shape index (κ2) is 21.3. The predicted octanol–water partition coefficient (Wildman–Crippen LogP) is 0.630. The summed E-state index contributed by atoms with van der Waals surface area (Å²) in [6, 6.07) is 10.4. The minimum absolute atomic E-state index is 0.0989. The van der Waals surface area contributed by atoms with Crippen molar-refractivity contribution in [3.63, 3.8) is 0 Å². The summed E-state index contributed by atoms with van der Waals surface area (Å²) < 4.78 is 21.6. The summed E-state index contributed by atoms with van der Waals surface area (Å²) in [5.41, 5.74) is -0.515. The molecule has 0 radical (unpaired) electrons.